The molecule has 1 saturated carbocycles. The Morgan fingerprint density at radius 1 is 0.811 bits per heavy atom. The van der Waals surface area contributed by atoms with Crippen LogP contribution in [0.2, 0.25) is 0 Å². The number of carbonyl (C=O) groups excluding carboxylic acids is 1. The van der Waals surface area contributed by atoms with Gasteiger partial charge in [0.15, 0.2) is 0 Å². The number of para-hydroxylation sites is 2. The summed E-state index contributed by atoms with van der Waals surface area (Å²) in [5.41, 5.74) is 3.09. The van der Waals surface area contributed by atoms with E-state index in [-0.39, 0.29) is 39.7 Å². The third-order valence-electron chi connectivity index (χ3n) is 6.25. The van der Waals surface area contributed by atoms with E-state index in [1.165, 1.54) is 0 Å². The Kier molecular flexibility index (Phi) is 12.1. The molecule has 0 aromatic heterocycles. The van der Waals surface area contributed by atoms with Crippen LogP contribution in [0.15, 0.2) is 46.4 Å². The molecule has 2 atom stereocenters. The van der Waals surface area contributed by atoms with Gasteiger partial charge in [0, 0.05) is 46.3 Å². The van der Waals surface area contributed by atoms with Gasteiger partial charge >= 0.3 is 0 Å². The van der Waals surface area contributed by atoms with Crippen molar-refractivity contribution < 1.29 is 36.9 Å². The number of hydrogen-bond donors (Lipinski definition) is 2. The fourth-order valence-corrected chi connectivity index (χ4v) is 4.33. The summed E-state index contributed by atoms with van der Waals surface area (Å²) in [6.07, 6.45) is 7.83. The molecule has 0 spiro atoms. The van der Waals surface area contributed by atoms with Crippen molar-refractivity contribution in [1.82, 2.24) is 0 Å². The minimum atomic E-state index is -1.08. The minimum absolute atomic E-state index is 0. The SMILES string of the molecule is CC(=O)[O-].CC(C)(C)c1cccc(C=NC2CCCCC2N=Cc2cccc(C(C)(C)C)c2O)c1O.[Co]. The molecule has 1 radical (unpaired) electrons. The summed E-state index contributed by atoms with van der Waals surface area (Å²) in [6.45, 7) is 13.5. The second-order valence-electron chi connectivity index (χ2n) is 11.5. The Balaban J connectivity index is 0.00000127. The molecule has 0 bridgehead atoms. The van der Waals surface area contributed by atoms with Crippen LogP contribution < -0.4 is 5.11 Å². The summed E-state index contributed by atoms with van der Waals surface area (Å²) < 4.78 is 0. The molecular weight excluding hydrogens is 511 g/mol. The van der Waals surface area contributed by atoms with Crippen molar-refractivity contribution in [2.75, 3.05) is 0 Å². The number of hydrogen-bond acceptors (Lipinski definition) is 6. The summed E-state index contributed by atoms with van der Waals surface area (Å²) in [6, 6.07) is 11.9. The van der Waals surface area contributed by atoms with Crippen molar-refractivity contribution in [2.45, 2.75) is 97.1 Å². The van der Waals surface area contributed by atoms with E-state index in [4.69, 9.17) is 19.9 Å². The Hall–Kier alpha value is -2.64. The fraction of sp³-hybridized carbons (Fsp3) is 0.500. The van der Waals surface area contributed by atoms with E-state index in [1.807, 2.05) is 36.4 Å². The first-order valence-electron chi connectivity index (χ1n) is 12.6. The molecule has 1 aliphatic rings. The average Bonchev–Trinajstić information content (AvgIpc) is 2.76. The van der Waals surface area contributed by atoms with Crippen LogP contribution in [0.3, 0.4) is 0 Å². The third-order valence-corrected chi connectivity index (χ3v) is 6.25. The summed E-state index contributed by atoms with van der Waals surface area (Å²) in [7, 11) is 0. The van der Waals surface area contributed by atoms with Crippen molar-refractivity contribution in [3.8, 4) is 11.5 Å². The average molecular weight is 553 g/mol. The van der Waals surface area contributed by atoms with E-state index in [0.717, 1.165) is 54.9 Å². The monoisotopic (exact) mass is 552 g/mol. The van der Waals surface area contributed by atoms with Gasteiger partial charge in [-0.3, -0.25) is 9.98 Å². The molecule has 7 heteroatoms. The first-order chi connectivity index (χ1) is 16.7. The maximum atomic E-state index is 10.7. The van der Waals surface area contributed by atoms with Crippen molar-refractivity contribution in [3.63, 3.8) is 0 Å². The van der Waals surface area contributed by atoms with E-state index in [9.17, 15) is 10.2 Å². The number of aliphatic imine (C=N–C) groups is 2. The summed E-state index contributed by atoms with van der Waals surface area (Å²) in [5, 5.41) is 30.4. The Morgan fingerprint density at radius 3 is 1.43 bits per heavy atom. The zero-order valence-electron chi connectivity index (χ0n) is 23.0. The first-order valence-corrected chi connectivity index (χ1v) is 12.6. The van der Waals surface area contributed by atoms with Gasteiger partial charge in [-0.05, 0) is 53.9 Å². The van der Waals surface area contributed by atoms with Gasteiger partial charge in [0.05, 0.1) is 12.1 Å². The quantitative estimate of drug-likeness (QED) is 0.503. The number of carbonyl (C=O) groups is 1. The number of nitrogens with zero attached hydrogens (tertiary/aromatic N) is 2. The van der Waals surface area contributed by atoms with E-state index < -0.39 is 5.97 Å². The topological polar surface area (TPSA) is 105 Å². The number of phenolic OH excluding ortho intramolecular Hbond substituents is 2. The largest absolute Gasteiger partial charge is 0.550 e. The van der Waals surface area contributed by atoms with Crippen molar-refractivity contribution in [2.24, 2.45) is 9.98 Å². The van der Waals surface area contributed by atoms with Crippen molar-refractivity contribution in [3.05, 3.63) is 58.7 Å². The van der Waals surface area contributed by atoms with Crippen LogP contribution in [0.25, 0.3) is 0 Å². The van der Waals surface area contributed by atoms with Gasteiger partial charge in [0.2, 0.25) is 0 Å². The number of benzene rings is 2. The van der Waals surface area contributed by atoms with Gasteiger partial charge in [0.25, 0.3) is 0 Å². The standard InChI is InChI=1S/C28H38N2O2.C2H4O2.Co/c1-27(2,3)21-13-9-11-19(25(21)31)17-29-23-15-7-8-16-24(23)30-18-20-12-10-14-22(26(20)32)28(4,5)6;1-2(3)4;/h9-14,17-18,23-24,31-32H,7-8,15-16H2,1-6H3;1H3,(H,3,4);/p-1. The van der Waals surface area contributed by atoms with Gasteiger partial charge in [0.1, 0.15) is 11.5 Å². The molecule has 6 nitrogen and oxygen atoms in total. The van der Waals surface area contributed by atoms with Crippen molar-refractivity contribution in [1.29, 1.82) is 0 Å². The van der Waals surface area contributed by atoms with Gasteiger partial charge in [-0.1, -0.05) is 78.6 Å². The molecule has 2 unspecified atom stereocenters. The van der Waals surface area contributed by atoms with Crippen LogP contribution in [0.5, 0.6) is 11.5 Å². The van der Waals surface area contributed by atoms with Crippen molar-refractivity contribution >= 4 is 18.4 Å². The number of rotatable bonds is 4. The predicted octanol–water partition coefficient (Wildman–Crippen LogP) is 5.30. The number of phenols is 2. The zero-order valence-corrected chi connectivity index (χ0v) is 24.1. The van der Waals surface area contributed by atoms with E-state index >= 15 is 0 Å². The van der Waals surface area contributed by atoms with Crippen LogP contribution in [0.4, 0.5) is 0 Å². The molecule has 1 fully saturated rings. The van der Waals surface area contributed by atoms with E-state index in [1.54, 1.807) is 12.4 Å². The summed E-state index contributed by atoms with van der Waals surface area (Å²) in [4.78, 5) is 18.6. The predicted molar refractivity (Wildman–Crippen MR) is 146 cm³/mol. The minimum Gasteiger partial charge on any atom is -0.550 e. The molecule has 205 valence electrons. The molecule has 0 amide bonds. The number of carboxylic acids is 1. The maximum absolute atomic E-state index is 10.7. The van der Waals surface area contributed by atoms with Gasteiger partial charge < -0.3 is 20.1 Å². The van der Waals surface area contributed by atoms with Gasteiger partial charge in [-0.25, -0.2) is 0 Å². The van der Waals surface area contributed by atoms with Crippen LogP contribution in [0, 0.1) is 0 Å². The second-order valence-corrected chi connectivity index (χ2v) is 11.5. The number of aliphatic carboxylic acids is 1. The van der Waals surface area contributed by atoms with Gasteiger partial charge in [-0.2, -0.15) is 0 Å². The second kappa shape index (κ2) is 13.8. The molecule has 0 saturated heterocycles. The molecular formula is C30H41CoN2O4-. The Bertz CT molecular complexity index is 1010. The molecule has 3 rings (SSSR count). The van der Waals surface area contributed by atoms with Crippen LogP contribution in [0.1, 0.15) is 96.4 Å². The van der Waals surface area contributed by atoms with Crippen LogP contribution in [-0.2, 0) is 32.4 Å². The maximum Gasteiger partial charge on any atom is 0.128 e. The number of aromatic hydroxyl groups is 2. The Morgan fingerprint density at radius 2 is 1.14 bits per heavy atom. The molecule has 2 N–H and O–H groups in total. The van der Waals surface area contributed by atoms with Crippen LogP contribution >= 0.6 is 0 Å². The zero-order chi connectivity index (χ0) is 27.1. The summed E-state index contributed by atoms with van der Waals surface area (Å²) in [5.74, 6) is -0.466. The fourth-order valence-electron chi connectivity index (χ4n) is 4.33. The first kappa shape index (κ1) is 32.4. The molecule has 2 aromatic carbocycles. The smallest absolute Gasteiger partial charge is 0.128 e. The van der Waals surface area contributed by atoms with Gasteiger partial charge in [-0.15, -0.1) is 0 Å². The van der Waals surface area contributed by atoms with Crippen LogP contribution in [-0.4, -0.2) is 40.7 Å². The van der Waals surface area contributed by atoms with E-state index in [0.29, 0.717) is 11.5 Å². The molecule has 0 heterocycles. The molecule has 2 aromatic rings. The number of carboxylic acid groups (broad SMARTS) is 1. The molecule has 0 aliphatic heterocycles. The summed E-state index contributed by atoms with van der Waals surface area (Å²) >= 11 is 0. The Labute approximate surface area is 232 Å². The molecule has 1 aliphatic carbocycles. The normalized spacial score (nSPS) is 18.2. The third kappa shape index (κ3) is 9.63. The van der Waals surface area contributed by atoms with E-state index in [2.05, 4.69) is 41.5 Å². The molecule has 37 heavy (non-hydrogen) atoms.